The van der Waals surface area contributed by atoms with Gasteiger partial charge in [0.05, 0.1) is 11.5 Å². The maximum atomic E-state index is 10.2. The Morgan fingerprint density at radius 1 is 1.06 bits per heavy atom. The number of thioether (sulfide) groups is 1. The van der Waals surface area contributed by atoms with Gasteiger partial charge in [-0.05, 0) is 6.92 Å². The summed E-state index contributed by atoms with van der Waals surface area (Å²) >= 11 is 1.34. The molecule has 2 rings (SSSR count). The molecule has 0 unspecified atom stereocenters. The predicted molar refractivity (Wildman–Crippen MR) is 69.8 cm³/mol. The van der Waals surface area contributed by atoms with Gasteiger partial charge in [-0.2, -0.15) is 0 Å². The van der Waals surface area contributed by atoms with Crippen LogP contribution in [-0.4, -0.2) is 27.7 Å². The average molecular weight is 250 g/mol. The molecule has 0 atom stereocenters. The first-order valence-electron chi connectivity index (χ1n) is 5.33. The van der Waals surface area contributed by atoms with E-state index in [-0.39, 0.29) is 18.1 Å². The number of benzene rings is 2. The highest BCUT2D eigenvalue weighted by molar-refractivity contribution is 7.99. The zero-order valence-corrected chi connectivity index (χ0v) is 10.3. The number of aliphatic hydroxyl groups excluding tert-OH is 1. The minimum absolute atomic E-state index is 0.0388. The molecule has 3 nitrogen and oxygen atoms in total. The van der Waals surface area contributed by atoms with E-state index >= 15 is 0 Å². The van der Waals surface area contributed by atoms with Crippen LogP contribution in [0.15, 0.2) is 29.2 Å². The van der Waals surface area contributed by atoms with Gasteiger partial charge >= 0.3 is 0 Å². The van der Waals surface area contributed by atoms with E-state index in [2.05, 4.69) is 0 Å². The average Bonchev–Trinajstić information content (AvgIpc) is 2.36. The largest absolute Gasteiger partial charge is 0.507 e. The molecular formula is C13H14O3S. The third-order valence-electron chi connectivity index (χ3n) is 2.69. The summed E-state index contributed by atoms with van der Waals surface area (Å²) in [6.07, 6.45) is 0. The van der Waals surface area contributed by atoms with E-state index in [1.54, 1.807) is 19.1 Å². The van der Waals surface area contributed by atoms with Crippen LogP contribution in [0.3, 0.4) is 0 Å². The van der Waals surface area contributed by atoms with Crippen molar-refractivity contribution in [2.45, 2.75) is 11.8 Å². The van der Waals surface area contributed by atoms with Gasteiger partial charge in [0.15, 0.2) is 0 Å². The summed E-state index contributed by atoms with van der Waals surface area (Å²) < 4.78 is 0. The minimum Gasteiger partial charge on any atom is -0.507 e. The van der Waals surface area contributed by atoms with E-state index in [1.807, 2.05) is 12.1 Å². The van der Waals surface area contributed by atoms with Crippen LogP contribution in [0.5, 0.6) is 11.5 Å². The molecule has 0 aliphatic heterocycles. The second-order valence-electron chi connectivity index (χ2n) is 3.77. The topological polar surface area (TPSA) is 60.7 Å². The Bertz CT molecular complexity index is 552. The maximum absolute atomic E-state index is 10.2. The lowest BCUT2D eigenvalue weighted by atomic mass is 10.0. The predicted octanol–water partition coefficient (Wildman–Crippen LogP) is 2.64. The van der Waals surface area contributed by atoms with Crippen molar-refractivity contribution in [1.82, 2.24) is 0 Å². The molecular weight excluding hydrogens is 236 g/mol. The Hall–Kier alpha value is -1.39. The van der Waals surface area contributed by atoms with E-state index in [0.29, 0.717) is 27.0 Å². The van der Waals surface area contributed by atoms with Crippen LogP contribution < -0.4 is 0 Å². The van der Waals surface area contributed by atoms with Crippen LogP contribution in [0.1, 0.15) is 5.56 Å². The van der Waals surface area contributed by atoms with Gasteiger partial charge in [-0.15, -0.1) is 11.8 Å². The van der Waals surface area contributed by atoms with Crippen LogP contribution in [0.4, 0.5) is 0 Å². The number of aromatic hydroxyl groups is 2. The van der Waals surface area contributed by atoms with E-state index in [4.69, 9.17) is 5.11 Å². The fourth-order valence-electron chi connectivity index (χ4n) is 1.83. The third kappa shape index (κ3) is 2.06. The first-order valence-corrected chi connectivity index (χ1v) is 6.32. The molecule has 17 heavy (non-hydrogen) atoms. The highest BCUT2D eigenvalue weighted by atomic mass is 32.2. The summed E-state index contributed by atoms with van der Waals surface area (Å²) in [5, 5.41) is 30.4. The molecule has 0 aliphatic carbocycles. The summed E-state index contributed by atoms with van der Waals surface area (Å²) in [7, 11) is 0. The van der Waals surface area contributed by atoms with Crippen molar-refractivity contribution in [2.75, 3.05) is 12.4 Å². The first-order chi connectivity index (χ1) is 8.16. The minimum atomic E-state index is 0.0388. The van der Waals surface area contributed by atoms with Crippen molar-refractivity contribution in [3.63, 3.8) is 0 Å². The SMILES string of the molecule is Cc1c(SCCO)c(O)c2ccccc2c1O. The number of fused-ring (bicyclic) bond motifs is 1. The van der Waals surface area contributed by atoms with Gasteiger partial charge in [0.1, 0.15) is 11.5 Å². The lowest BCUT2D eigenvalue weighted by Gasteiger charge is -2.13. The number of phenolic OH excluding ortho intramolecular Hbond substituents is 2. The fourth-order valence-corrected chi connectivity index (χ4v) is 2.69. The van der Waals surface area contributed by atoms with Gasteiger partial charge in [0.25, 0.3) is 0 Å². The number of hydrogen-bond donors (Lipinski definition) is 3. The Kier molecular flexibility index (Phi) is 3.45. The van der Waals surface area contributed by atoms with Crippen molar-refractivity contribution in [2.24, 2.45) is 0 Å². The molecule has 0 radical (unpaired) electrons. The highest BCUT2D eigenvalue weighted by Crippen LogP contribution is 2.43. The summed E-state index contributed by atoms with van der Waals surface area (Å²) in [5.74, 6) is 0.861. The summed E-state index contributed by atoms with van der Waals surface area (Å²) in [5.41, 5.74) is 0.652. The lowest BCUT2D eigenvalue weighted by molar-refractivity contribution is 0.322. The molecule has 0 aromatic heterocycles. The highest BCUT2D eigenvalue weighted by Gasteiger charge is 2.15. The quantitative estimate of drug-likeness (QED) is 0.579. The van der Waals surface area contributed by atoms with Crippen LogP contribution >= 0.6 is 11.8 Å². The second-order valence-corrected chi connectivity index (χ2v) is 4.87. The smallest absolute Gasteiger partial charge is 0.137 e. The van der Waals surface area contributed by atoms with Gasteiger partial charge in [-0.3, -0.25) is 0 Å². The van der Waals surface area contributed by atoms with Crippen LogP contribution in [0.25, 0.3) is 10.8 Å². The molecule has 2 aromatic rings. The Morgan fingerprint density at radius 2 is 1.65 bits per heavy atom. The van der Waals surface area contributed by atoms with Crippen LogP contribution in [-0.2, 0) is 0 Å². The molecule has 0 amide bonds. The van der Waals surface area contributed by atoms with Crippen LogP contribution in [0.2, 0.25) is 0 Å². The molecule has 4 heteroatoms. The zero-order valence-electron chi connectivity index (χ0n) is 9.47. The zero-order chi connectivity index (χ0) is 12.4. The molecule has 0 aliphatic rings. The fraction of sp³-hybridized carbons (Fsp3) is 0.231. The summed E-state index contributed by atoms with van der Waals surface area (Å²) in [6, 6.07) is 7.18. The summed E-state index contributed by atoms with van der Waals surface area (Å²) in [6.45, 7) is 1.80. The normalized spacial score (nSPS) is 10.9. The Labute approximate surface area is 104 Å². The van der Waals surface area contributed by atoms with Crippen molar-refractivity contribution in [1.29, 1.82) is 0 Å². The van der Waals surface area contributed by atoms with E-state index in [1.165, 1.54) is 11.8 Å². The van der Waals surface area contributed by atoms with Crippen LogP contribution in [0, 0.1) is 6.92 Å². The number of hydrogen-bond acceptors (Lipinski definition) is 4. The van der Waals surface area contributed by atoms with Crippen molar-refractivity contribution in [3.05, 3.63) is 29.8 Å². The van der Waals surface area contributed by atoms with E-state index in [9.17, 15) is 10.2 Å². The lowest BCUT2D eigenvalue weighted by Crippen LogP contribution is -1.90. The molecule has 0 saturated carbocycles. The molecule has 0 heterocycles. The standard InChI is InChI=1S/C13H14O3S/c1-8-11(15)9-4-2-3-5-10(9)12(16)13(8)17-7-6-14/h2-5,14-16H,6-7H2,1H3. The van der Waals surface area contributed by atoms with E-state index in [0.717, 1.165) is 0 Å². The number of phenols is 2. The van der Waals surface area contributed by atoms with Crippen molar-refractivity contribution < 1.29 is 15.3 Å². The second kappa shape index (κ2) is 4.85. The molecule has 0 bridgehead atoms. The molecule has 3 N–H and O–H groups in total. The van der Waals surface area contributed by atoms with Crippen molar-refractivity contribution in [3.8, 4) is 11.5 Å². The summed E-state index contributed by atoms with van der Waals surface area (Å²) in [4.78, 5) is 0.634. The maximum Gasteiger partial charge on any atom is 0.137 e. The van der Waals surface area contributed by atoms with E-state index < -0.39 is 0 Å². The number of rotatable bonds is 3. The Morgan fingerprint density at radius 3 is 2.24 bits per heavy atom. The first kappa shape index (κ1) is 12.1. The molecule has 2 aromatic carbocycles. The molecule has 0 fully saturated rings. The van der Waals surface area contributed by atoms with Crippen molar-refractivity contribution >= 4 is 22.5 Å². The Balaban J connectivity index is 2.68. The third-order valence-corrected chi connectivity index (χ3v) is 3.86. The monoisotopic (exact) mass is 250 g/mol. The molecule has 0 saturated heterocycles. The van der Waals surface area contributed by atoms with Gasteiger partial charge in [-0.25, -0.2) is 0 Å². The number of aliphatic hydroxyl groups is 1. The molecule has 90 valence electrons. The van der Waals surface area contributed by atoms with Gasteiger partial charge in [-0.1, -0.05) is 24.3 Å². The van der Waals surface area contributed by atoms with Gasteiger partial charge in [0.2, 0.25) is 0 Å². The molecule has 0 spiro atoms. The van der Waals surface area contributed by atoms with Gasteiger partial charge in [0, 0.05) is 22.1 Å². The van der Waals surface area contributed by atoms with Gasteiger partial charge < -0.3 is 15.3 Å².